The number of anilines is 2. The van der Waals surface area contributed by atoms with Crippen molar-refractivity contribution in [1.29, 1.82) is 0 Å². The SMILES string of the molecule is CCNc1nc(Cl)nc(NCC2(SC)CC2)n1. The molecule has 0 bridgehead atoms. The molecule has 0 amide bonds. The standard InChI is InChI=1S/C10H16ClN5S/c1-3-12-8-14-7(11)15-9(16-8)13-6-10(17-2)4-5-10/h3-6H2,1-2H3,(H2,12,13,14,15,16). The van der Waals surface area contributed by atoms with Gasteiger partial charge in [-0.2, -0.15) is 26.7 Å². The summed E-state index contributed by atoms with van der Waals surface area (Å²) in [5.74, 6) is 1.06. The zero-order valence-corrected chi connectivity index (χ0v) is 11.5. The van der Waals surface area contributed by atoms with E-state index in [1.165, 1.54) is 12.8 Å². The number of aromatic nitrogens is 3. The van der Waals surface area contributed by atoms with Gasteiger partial charge in [0.2, 0.25) is 17.2 Å². The molecule has 94 valence electrons. The minimum absolute atomic E-state index is 0.215. The van der Waals surface area contributed by atoms with Gasteiger partial charge in [0.15, 0.2) is 0 Å². The van der Waals surface area contributed by atoms with E-state index in [1.54, 1.807) is 0 Å². The van der Waals surface area contributed by atoms with Crippen molar-refractivity contribution in [1.82, 2.24) is 15.0 Å². The third kappa shape index (κ3) is 3.35. The summed E-state index contributed by atoms with van der Waals surface area (Å²) in [6.45, 7) is 3.62. The second-order valence-electron chi connectivity index (χ2n) is 4.02. The van der Waals surface area contributed by atoms with E-state index in [9.17, 15) is 0 Å². The first-order valence-corrected chi connectivity index (χ1v) is 7.22. The smallest absolute Gasteiger partial charge is 0.228 e. The molecular formula is C10H16ClN5S. The van der Waals surface area contributed by atoms with Crippen molar-refractivity contribution in [3.05, 3.63) is 5.28 Å². The summed E-state index contributed by atoms with van der Waals surface area (Å²) in [5.41, 5.74) is 0. The van der Waals surface area contributed by atoms with Crippen molar-refractivity contribution in [2.24, 2.45) is 0 Å². The lowest BCUT2D eigenvalue weighted by atomic mass is 10.4. The normalized spacial score (nSPS) is 16.6. The first kappa shape index (κ1) is 12.7. The zero-order valence-electron chi connectivity index (χ0n) is 9.96. The topological polar surface area (TPSA) is 62.7 Å². The molecule has 5 nitrogen and oxygen atoms in total. The number of hydrogen-bond acceptors (Lipinski definition) is 6. The number of nitrogens with one attached hydrogen (secondary N) is 2. The van der Waals surface area contributed by atoms with Crippen LogP contribution in [0.4, 0.5) is 11.9 Å². The molecule has 1 heterocycles. The summed E-state index contributed by atoms with van der Waals surface area (Å²) in [4.78, 5) is 12.3. The minimum Gasteiger partial charge on any atom is -0.354 e. The van der Waals surface area contributed by atoms with E-state index in [1.807, 2.05) is 18.7 Å². The van der Waals surface area contributed by atoms with Crippen molar-refractivity contribution in [3.8, 4) is 0 Å². The molecule has 0 radical (unpaired) electrons. The van der Waals surface area contributed by atoms with E-state index >= 15 is 0 Å². The van der Waals surface area contributed by atoms with Crippen LogP contribution in [0.3, 0.4) is 0 Å². The van der Waals surface area contributed by atoms with Crippen LogP contribution in [0.15, 0.2) is 0 Å². The summed E-state index contributed by atoms with van der Waals surface area (Å²) in [5, 5.41) is 6.47. The summed E-state index contributed by atoms with van der Waals surface area (Å²) < 4.78 is 0.372. The summed E-state index contributed by atoms with van der Waals surface area (Å²) in [6, 6.07) is 0. The molecule has 1 fully saturated rings. The fraction of sp³-hybridized carbons (Fsp3) is 0.700. The third-order valence-electron chi connectivity index (χ3n) is 2.75. The highest BCUT2D eigenvalue weighted by Gasteiger charge is 2.41. The van der Waals surface area contributed by atoms with Crippen LogP contribution in [0, 0.1) is 0 Å². The second-order valence-corrected chi connectivity index (χ2v) is 5.64. The highest BCUT2D eigenvalue weighted by atomic mass is 35.5. The van der Waals surface area contributed by atoms with Crippen molar-refractivity contribution in [2.45, 2.75) is 24.5 Å². The number of rotatable bonds is 6. The van der Waals surface area contributed by atoms with Crippen LogP contribution < -0.4 is 10.6 Å². The molecule has 0 saturated heterocycles. The predicted octanol–water partition coefficient (Wildman–Crippen LogP) is 2.26. The molecule has 7 heteroatoms. The Labute approximate surface area is 110 Å². The van der Waals surface area contributed by atoms with Gasteiger partial charge in [0, 0.05) is 17.8 Å². The average Bonchev–Trinajstić information content (AvgIpc) is 3.07. The van der Waals surface area contributed by atoms with E-state index in [-0.39, 0.29) is 5.28 Å². The van der Waals surface area contributed by atoms with E-state index in [4.69, 9.17) is 11.6 Å². The summed E-state index contributed by atoms with van der Waals surface area (Å²) >= 11 is 7.73. The average molecular weight is 274 g/mol. The van der Waals surface area contributed by atoms with E-state index in [0.717, 1.165) is 13.1 Å². The van der Waals surface area contributed by atoms with Crippen LogP contribution in [-0.4, -0.2) is 39.0 Å². The van der Waals surface area contributed by atoms with Gasteiger partial charge in [-0.15, -0.1) is 0 Å². The number of thioether (sulfide) groups is 1. The van der Waals surface area contributed by atoms with Gasteiger partial charge < -0.3 is 10.6 Å². The third-order valence-corrected chi connectivity index (χ3v) is 4.34. The molecule has 1 aliphatic carbocycles. The first-order chi connectivity index (χ1) is 8.17. The first-order valence-electron chi connectivity index (χ1n) is 5.62. The lowest BCUT2D eigenvalue weighted by molar-refractivity contribution is 0.914. The van der Waals surface area contributed by atoms with Crippen LogP contribution in [-0.2, 0) is 0 Å². The quantitative estimate of drug-likeness (QED) is 0.829. The van der Waals surface area contributed by atoms with Gasteiger partial charge in [0.05, 0.1) is 0 Å². The molecular weight excluding hydrogens is 258 g/mol. The number of halogens is 1. The van der Waals surface area contributed by atoms with Crippen LogP contribution in [0.2, 0.25) is 5.28 Å². The van der Waals surface area contributed by atoms with E-state index in [2.05, 4.69) is 31.8 Å². The Morgan fingerprint density at radius 3 is 2.41 bits per heavy atom. The largest absolute Gasteiger partial charge is 0.354 e. The Kier molecular flexibility index (Phi) is 3.93. The van der Waals surface area contributed by atoms with Crippen molar-refractivity contribution in [3.63, 3.8) is 0 Å². The Balaban J connectivity index is 2.00. The molecule has 2 N–H and O–H groups in total. The van der Waals surface area contributed by atoms with Crippen LogP contribution in [0.1, 0.15) is 19.8 Å². The monoisotopic (exact) mass is 273 g/mol. The fourth-order valence-corrected chi connectivity index (χ4v) is 2.39. The molecule has 2 rings (SSSR count). The van der Waals surface area contributed by atoms with Gasteiger partial charge >= 0.3 is 0 Å². The van der Waals surface area contributed by atoms with Gasteiger partial charge in [-0.05, 0) is 37.6 Å². The minimum atomic E-state index is 0.215. The molecule has 0 atom stereocenters. The fourth-order valence-electron chi connectivity index (χ4n) is 1.50. The summed E-state index contributed by atoms with van der Waals surface area (Å²) in [7, 11) is 0. The second kappa shape index (κ2) is 5.27. The number of hydrogen-bond donors (Lipinski definition) is 2. The molecule has 0 aromatic carbocycles. The maximum Gasteiger partial charge on any atom is 0.228 e. The van der Waals surface area contributed by atoms with Crippen molar-refractivity contribution >= 4 is 35.3 Å². The van der Waals surface area contributed by atoms with Gasteiger partial charge in [-0.1, -0.05) is 0 Å². The molecule has 0 aliphatic heterocycles. The Morgan fingerprint density at radius 1 is 1.24 bits per heavy atom. The molecule has 0 unspecified atom stereocenters. The highest BCUT2D eigenvalue weighted by molar-refractivity contribution is 8.00. The van der Waals surface area contributed by atoms with Gasteiger partial charge in [0.1, 0.15) is 0 Å². The Morgan fingerprint density at radius 2 is 1.88 bits per heavy atom. The predicted molar refractivity (Wildman–Crippen MR) is 73.0 cm³/mol. The van der Waals surface area contributed by atoms with E-state index in [0.29, 0.717) is 16.6 Å². The van der Waals surface area contributed by atoms with Crippen molar-refractivity contribution < 1.29 is 0 Å². The molecule has 1 aromatic rings. The lowest BCUT2D eigenvalue weighted by Crippen LogP contribution is -2.19. The van der Waals surface area contributed by atoms with Crippen LogP contribution >= 0.6 is 23.4 Å². The molecule has 1 aliphatic rings. The highest BCUT2D eigenvalue weighted by Crippen LogP contribution is 2.46. The van der Waals surface area contributed by atoms with Gasteiger partial charge in [-0.3, -0.25) is 0 Å². The number of nitrogens with zero attached hydrogens (tertiary/aromatic N) is 3. The van der Waals surface area contributed by atoms with Gasteiger partial charge in [-0.25, -0.2) is 0 Å². The lowest BCUT2D eigenvalue weighted by Gasteiger charge is -2.13. The van der Waals surface area contributed by atoms with E-state index < -0.39 is 0 Å². The maximum atomic E-state index is 5.84. The van der Waals surface area contributed by atoms with Crippen molar-refractivity contribution in [2.75, 3.05) is 30.0 Å². The molecule has 1 aromatic heterocycles. The Hall–Kier alpha value is -0.750. The summed E-state index contributed by atoms with van der Waals surface area (Å²) in [6.07, 6.45) is 4.64. The molecule has 0 spiro atoms. The molecule has 1 saturated carbocycles. The van der Waals surface area contributed by atoms with Crippen LogP contribution in [0.25, 0.3) is 0 Å². The Bertz CT molecular complexity index is 396. The van der Waals surface area contributed by atoms with Gasteiger partial charge in [0.25, 0.3) is 0 Å². The zero-order chi connectivity index (χ0) is 12.3. The van der Waals surface area contributed by atoms with Crippen LogP contribution in [0.5, 0.6) is 0 Å². The molecule has 17 heavy (non-hydrogen) atoms. The maximum absolute atomic E-state index is 5.84.